The Morgan fingerprint density at radius 1 is 1.39 bits per heavy atom. The van der Waals surface area contributed by atoms with Crippen molar-refractivity contribution in [3.05, 3.63) is 64.4 Å². The molecule has 0 spiro atoms. The minimum atomic E-state index is -0.477. The molecule has 0 atom stereocenters. The second-order valence-electron chi connectivity index (χ2n) is 5.08. The lowest BCUT2D eigenvalue weighted by atomic mass is 10.1. The molecule has 0 unspecified atom stereocenters. The van der Waals surface area contributed by atoms with Crippen LogP contribution >= 0.6 is 0 Å². The predicted octanol–water partition coefficient (Wildman–Crippen LogP) is 1.30. The van der Waals surface area contributed by atoms with Crippen LogP contribution in [0.3, 0.4) is 0 Å². The highest BCUT2D eigenvalue weighted by Crippen LogP contribution is 2.29. The van der Waals surface area contributed by atoms with Crippen LogP contribution in [0.4, 0.5) is 4.39 Å². The molecule has 0 radical (unpaired) electrons. The Balaban J connectivity index is 1.66. The lowest BCUT2D eigenvalue weighted by Crippen LogP contribution is -2.39. The highest BCUT2D eigenvalue weighted by Gasteiger charge is 2.18. The number of hydrogen-bond donors (Lipinski definition) is 1. The highest BCUT2D eigenvalue weighted by molar-refractivity contribution is 5.90. The first-order valence-corrected chi connectivity index (χ1v) is 7.13. The van der Waals surface area contributed by atoms with Crippen LogP contribution in [0.2, 0.25) is 0 Å². The number of ether oxygens (including phenoxy) is 2. The second-order valence-corrected chi connectivity index (χ2v) is 5.08. The van der Waals surface area contributed by atoms with Gasteiger partial charge in [0.2, 0.25) is 0 Å². The third-order valence-corrected chi connectivity index (χ3v) is 3.49. The maximum absolute atomic E-state index is 13.6. The molecule has 1 amide bonds. The van der Waals surface area contributed by atoms with E-state index in [1.165, 1.54) is 24.4 Å². The molecule has 1 aromatic carbocycles. The molecule has 1 aliphatic heterocycles. The van der Waals surface area contributed by atoms with Crippen molar-refractivity contribution in [3.63, 3.8) is 0 Å². The smallest absolute Gasteiger partial charge is 0.317 e. The monoisotopic (exact) mass is 318 g/mol. The van der Waals surface area contributed by atoms with Crippen molar-refractivity contribution < 1.29 is 23.4 Å². The maximum atomic E-state index is 13.6. The molecule has 0 saturated heterocycles. The van der Waals surface area contributed by atoms with Crippen LogP contribution in [0.15, 0.2) is 36.5 Å². The molecule has 2 aromatic rings. The van der Waals surface area contributed by atoms with E-state index in [0.29, 0.717) is 34.6 Å². The Hall–Kier alpha value is -2.67. The molecule has 120 valence electrons. The molecule has 6 nitrogen and oxygen atoms in total. The van der Waals surface area contributed by atoms with Crippen LogP contribution in [0.1, 0.15) is 21.6 Å². The van der Waals surface area contributed by atoms with Gasteiger partial charge in [0, 0.05) is 24.2 Å². The average molecular weight is 318 g/mol. The first-order chi connectivity index (χ1) is 11.1. The van der Waals surface area contributed by atoms with Gasteiger partial charge in [0.25, 0.3) is 5.69 Å². The quantitative estimate of drug-likeness (QED) is 0.681. The number of carbonyl (C=O) groups excluding carboxylic acids is 1. The van der Waals surface area contributed by atoms with E-state index in [1.54, 1.807) is 12.1 Å². The summed E-state index contributed by atoms with van der Waals surface area (Å²) in [5, 5.41) is 14.1. The van der Waals surface area contributed by atoms with E-state index in [0.717, 1.165) is 0 Å². The number of benzene rings is 1. The molecule has 7 heteroatoms. The Labute approximate surface area is 132 Å². The van der Waals surface area contributed by atoms with Crippen molar-refractivity contribution >= 4 is 5.91 Å². The molecular weight excluding hydrogens is 303 g/mol. The van der Waals surface area contributed by atoms with Crippen molar-refractivity contribution in [2.24, 2.45) is 0 Å². The minimum Gasteiger partial charge on any atom is -0.618 e. The number of nitrogens with zero attached hydrogens (tertiary/aromatic N) is 1. The van der Waals surface area contributed by atoms with Gasteiger partial charge in [0.15, 0.2) is 13.0 Å². The van der Waals surface area contributed by atoms with Gasteiger partial charge in [0.1, 0.15) is 11.6 Å². The number of rotatable bonds is 4. The van der Waals surface area contributed by atoms with Crippen molar-refractivity contribution in [1.29, 1.82) is 0 Å². The van der Waals surface area contributed by atoms with Gasteiger partial charge < -0.3 is 20.0 Å². The zero-order valence-electron chi connectivity index (χ0n) is 12.3. The molecule has 1 N–H and O–H groups in total. The number of aromatic nitrogens is 1. The summed E-state index contributed by atoms with van der Waals surface area (Å²) in [7, 11) is 0. The summed E-state index contributed by atoms with van der Waals surface area (Å²) in [4.78, 5) is 12.0. The van der Waals surface area contributed by atoms with E-state index < -0.39 is 5.91 Å². The van der Waals surface area contributed by atoms with Crippen molar-refractivity contribution in [3.8, 4) is 5.75 Å². The molecule has 0 aliphatic carbocycles. The molecule has 2 heterocycles. The molecule has 0 bridgehead atoms. The summed E-state index contributed by atoms with van der Waals surface area (Å²) in [6.45, 7) is 0.679. The van der Waals surface area contributed by atoms with Crippen molar-refractivity contribution in [2.75, 3.05) is 13.3 Å². The number of fused-ring (bicyclic) bond motifs is 1. The molecule has 1 aliphatic rings. The highest BCUT2D eigenvalue weighted by atomic mass is 19.1. The van der Waals surface area contributed by atoms with Gasteiger partial charge in [-0.25, -0.2) is 4.39 Å². The van der Waals surface area contributed by atoms with E-state index >= 15 is 0 Å². The summed E-state index contributed by atoms with van der Waals surface area (Å²) in [5.74, 6) is -0.250. The van der Waals surface area contributed by atoms with E-state index in [2.05, 4.69) is 5.32 Å². The van der Waals surface area contributed by atoms with E-state index in [1.807, 2.05) is 0 Å². The Morgan fingerprint density at radius 2 is 2.26 bits per heavy atom. The number of amides is 1. The first-order valence-electron chi connectivity index (χ1n) is 7.13. The fraction of sp³-hybridized carbons (Fsp3) is 0.250. The van der Waals surface area contributed by atoms with Crippen LogP contribution in [0.5, 0.6) is 5.75 Å². The first kappa shape index (κ1) is 15.2. The molecule has 1 aromatic heterocycles. The van der Waals surface area contributed by atoms with Crippen molar-refractivity contribution in [2.45, 2.75) is 13.0 Å². The van der Waals surface area contributed by atoms with Crippen LogP contribution in [0.25, 0.3) is 0 Å². The molecule has 23 heavy (non-hydrogen) atoms. The van der Waals surface area contributed by atoms with Crippen LogP contribution in [-0.2, 0) is 17.8 Å². The van der Waals surface area contributed by atoms with Gasteiger partial charge in [-0.3, -0.25) is 4.79 Å². The number of halogens is 1. The van der Waals surface area contributed by atoms with E-state index in [9.17, 15) is 14.4 Å². The minimum absolute atomic E-state index is 0.0124. The molecule has 3 rings (SSSR count). The van der Waals surface area contributed by atoms with Gasteiger partial charge in [-0.15, -0.1) is 0 Å². The third kappa shape index (κ3) is 3.40. The fourth-order valence-corrected chi connectivity index (χ4v) is 2.45. The number of nitrogens with one attached hydrogen (secondary N) is 1. The largest absolute Gasteiger partial charge is 0.618 e. The van der Waals surface area contributed by atoms with Crippen molar-refractivity contribution in [1.82, 2.24) is 5.32 Å². The Bertz CT molecular complexity index is 736. The summed E-state index contributed by atoms with van der Waals surface area (Å²) >= 11 is 0. The Morgan fingerprint density at radius 3 is 3.09 bits per heavy atom. The lowest BCUT2D eigenvalue weighted by molar-refractivity contribution is -0.607. The fourth-order valence-electron chi connectivity index (χ4n) is 2.45. The summed E-state index contributed by atoms with van der Waals surface area (Å²) in [6.07, 6.45) is 1.64. The van der Waals surface area contributed by atoms with E-state index in [4.69, 9.17) is 9.47 Å². The SMILES string of the molecule is O=C(NCCc1cc(F)cc2c1OCOC2)c1cccc[n+]1[O-]. The summed E-state index contributed by atoms with van der Waals surface area (Å²) in [5.41, 5.74) is 1.32. The topological polar surface area (TPSA) is 74.5 Å². The molecular formula is C16H15FN2O4. The zero-order valence-corrected chi connectivity index (χ0v) is 12.3. The maximum Gasteiger partial charge on any atom is 0.317 e. The Kier molecular flexibility index (Phi) is 4.38. The standard InChI is InChI=1S/C16H15FN2O4/c17-13-7-11(15-12(8-13)9-22-10-23-15)4-5-18-16(20)14-3-1-2-6-19(14)21/h1-3,6-8H,4-5,9-10H2,(H,18,20). The normalized spacial score (nSPS) is 13.1. The van der Waals surface area contributed by atoms with Gasteiger partial charge in [-0.2, -0.15) is 4.73 Å². The van der Waals surface area contributed by atoms with Gasteiger partial charge in [-0.05, 0) is 30.2 Å². The second kappa shape index (κ2) is 6.62. The van der Waals surface area contributed by atoms with Gasteiger partial charge in [-0.1, -0.05) is 0 Å². The number of hydrogen-bond acceptors (Lipinski definition) is 4. The van der Waals surface area contributed by atoms with Gasteiger partial charge >= 0.3 is 5.91 Å². The van der Waals surface area contributed by atoms with E-state index in [-0.39, 0.29) is 24.8 Å². The van der Waals surface area contributed by atoms with Crippen LogP contribution in [-0.4, -0.2) is 19.2 Å². The molecule has 0 fully saturated rings. The average Bonchev–Trinajstić information content (AvgIpc) is 2.55. The predicted molar refractivity (Wildman–Crippen MR) is 78.1 cm³/mol. The van der Waals surface area contributed by atoms with Gasteiger partial charge in [0.05, 0.1) is 6.61 Å². The number of carbonyl (C=O) groups is 1. The third-order valence-electron chi connectivity index (χ3n) is 3.49. The summed E-state index contributed by atoms with van der Waals surface area (Å²) < 4.78 is 24.7. The lowest BCUT2D eigenvalue weighted by Gasteiger charge is -2.20. The molecule has 0 saturated carbocycles. The number of pyridine rings is 1. The van der Waals surface area contributed by atoms with Crippen LogP contribution in [0, 0.1) is 11.0 Å². The zero-order chi connectivity index (χ0) is 16.2. The van der Waals surface area contributed by atoms with Crippen LogP contribution < -0.4 is 14.8 Å². The summed E-state index contributed by atoms with van der Waals surface area (Å²) in [6, 6.07) is 7.35.